The van der Waals surface area contributed by atoms with Crippen molar-refractivity contribution in [1.29, 1.82) is 0 Å². The maximum Gasteiger partial charge on any atom is 0.181 e. The van der Waals surface area contributed by atoms with Crippen LogP contribution in [0.2, 0.25) is 0 Å². The lowest BCUT2D eigenvalue weighted by Gasteiger charge is -2.23. The highest BCUT2D eigenvalue weighted by atomic mass is 19.1. The Hall–Kier alpha value is -2.66. The standard InChI is InChI=1S/C20H21FN2O2/c1-13(20(24)16-11-22-18-7-5-4-6-15(16)18)23(2)12-14-8-9-19(25-3)17(21)10-14/h4-11,13,22H,12H2,1-3H3/t13-/m0/s1. The lowest BCUT2D eigenvalue weighted by Crippen LogP contribution is -2.35. The molecular weight excluding hydrogens is 319 g/mol. The molecule has 0 saturated carbocycles. The van der Waals surface area contributed by atoms with Crippen LogP contribution >= 0.6 is 0 Å². The molecule has 0 aliphatic rings. The van der Waals surface area contributed by atoms with Crippen LogP contribution < -0.4 is 4.74 Å². The third-order valence-electron chi connectivity index (χ3n) is 4.54. The molecule has 0 aliphatic heterocycles. The van der Waals surface area contributed by atoms with Crippen molar-refractivity contribution < 1.29 is 13.9 Å². The number of Topliss-reactive ketones (excluding diaryl/α,β-unsaturated/α-hetero) is 1. The number of ketones is 1. The number of nitrogens with one attached hydrogen (secondary N) is 1. The molecule has 130 valence electrons. The van der Waals surface area contributed by atoms with Gasteiger partial charge in [0, 0.05) is 29.2 Å². The molecule has 25 heavy (non-hydrogen) atoms. The summed E-state index contributed by atoms with van der Waals surface area (Å²) in [5.41, 5.74) is 2.41. The van der Waals surface area contributed by atoms with Gasteiger partial charge in [0.1, 0.15) is 0 Å². The normalized spacial score (nSPS) is 12.5. The smallest absolute Gasteiger partial charge is 0.181 e. The summed E-state index contributed by atoms with van der Waals surface area (Å²) in [7, 11) is 3.30. The van der Waals surface area contributed by atoms with Crippen molar-refractivity contribution >= 4 is 16.7 Å². The third-order valence-corrected chi connectivity index (χ3v) is 4.54. The fraction of sp³-hybridized carbons (Fsp3) is 0.250. The number of hydrogen-bond donors (Lipinski definition) is 1. The summed E-state index contributed by atoms with van der Waals surface area (Å²) < 4.78 is 18.8. The van der Waals surface area contributed by atoms with Gasteiger partial charge < -0.3 is 9.72 Å². The minimum Gasteiger partial charge on any atom is -0.494 e. The Bertz CT molecular complexity index is 904. The van der Waals surface area contributed by atoms with Gasteiger partial charge in [0.15, 0.2) is 17.3 Å². The lowest BCUT2D eigenvalue weighted by atomic mass is 10.0. The quantitative estimate of drug-likeness (QED) is 0.690. The van der Waals surface area contributed by atoms with Gasteiger partial charge in [-0.2, -0.15) is 0 Å². The number of para-hydroxylation sites is 1. The summed E-state index contributed by atoms with van der Waals surface area (Å²) in [6, 6.07) is 12.3. The Morgan fingerprint density at radius 3 is 2.76 bits per heavy atom. The first-order valence-electron chi connectivity index (χ1n) is 8.14. The molecule has 5 heteroatoms. The molecule has 4 nitrogen and oxygen atoms in total. The van der Waals surface area contributed by atoms with Crippen molar-refractivity contribution in [2.24, 2.45) is 0 Å². The van der Waals surface area contributed by atoms with Gasteiger partial charge in [-0.1, -0.05) is 24.3 Å². The van der Waals surface area contributed by atoms with Gasteiger partial charge in [0.05, 0.1) is 13.2 Å². The van der Waals surface area contributed by atoms with E-state index in [4.69, 9.17) is 4.74 Å². The average molecular weight is 340 g/mol. The van der Waals surface area contributed by atoms with Crippen molar-refractivity contribution in [2.45, 2.75) is 19.5 Å². The van der Waals surface area contributed by atoms with E-state index in [0.717, 1.165) is 16.5 Å². The fourth-order valence-corrected chi connectivity index (χ4v) is 2.93. The van der Waals surface area contributed by atoms with Crippen LogP contribution in [-0.4, -0.2) is 35.9 Å². The maximum absolute atomic E-state index is 13.8. The zero-order valence-electron chi connectivity index (χ0n) is 14.5. The Kier molecular flexibility index (Phi) is 4.86. The molecule has 0 radical (unpaired) electrons. The van der Waals surface area contributed by atoms with Crippen LogP contribution in [-0.2, 0) is 6.54 Å². The number of hydrogen-bond acceptors (Lipinski definition) is 3. The largest absolute Gasteiger partial charge is 0.494 e. The molecule has 0 amide bonds. The Balaban J connectivity index is 1.76. The molecule has 2 aromatic carbocycles. The number of carbonyl (C=O) groups excluding carboxylic acids is 1. The van der Waals surface area contributed by atoms with Crippen molar-refractivity contribution in [2.75, 3.05) is 14.2 Å². The fourth-order valence-electron chi connectivity index (χ4n) is 2.93. The highest BCUT2D eigenvalue weighted by Gasteiger charge is 2.22. The van der Waals surface area contributed by atoms with Gasteiger partial charge in [0.25, 0.3) is 0 Å². The molecule has 1 heterocycles. The molecule has 0 saturated heterocycles. The summed E-state index contributed by atoms with van der Waals surface area (Å²) in [5, 5.41) is 0.920. The van der Waals surface area contributed by atoms with Crippen LogP contribution in [0.4, 0.5) is 4.39 Å². The van der Waals surface area contributed by atoms with Crippen molar-refractivity contribution in [3.8, 4) is 5.75 Å². The summed E-state index contributed by atoms with van der Waals surface area (Å²) in [4.78, 5) is 17.9. The van der Waals surface area contributed by atoms with Crippen molar-refractivity contribution in [1.82, 2.24) is 9.88 Å². The molecule has 0 spiro atoms. The number of halogens is 1. The van der Waals surface area contributed by atoms with Crippen LogP contribution in [0.15, 0.2) is 48.7 Å². The topological polar surface area (TPSA) is 45.3 Å². The maximum atomic E-state index is 13.8. The first kappa shape index (κ1) is 17.2. The molecule has 0 unspecified atom stereocenters. The molecule has 3 aromatic rings. The van der Waals surface area contributed by atoms with Crippen molar-refractivity contribution in [3.05, 3.63) is 65.6 Å². The summed E-state index contributed by atoms with van der Waals surface area (Å²) >= 11 is 0. The van der Waals surface area contributed by atoms with Crippen LogP contribution in [0.25, 0.3) is 10.9 Å². The van der Waals surface area contributed by atoms with Crippen LogP contribution in [0.5, 0.6) is 5.75 Å². The van der Waals surface area contributed by atoms with E-state index in [1.54, 1.807) is 18.3 Å². The number of aromatic amines is 1. The Morgan fingerprint density at radius 2 is 2.04 bits per heavy atom. The molecule has 0 bridgehead atoms. The monoisotopic (exact) mass is 340 g/mol. The van der Waals surface area contributed by atoms with E-state index < -0.39 is 5.82 Å². The molecule has 1 N–H and O–H groups in total. The van der Waals surface area contributed by atoms with E-state index in [2.05, 4.69) is 4.98 Å². The predicted octanol–water partition coefficient (Wildman–Crippen LogP) is 4.02. The number of rotatable bonds is 6. The van der Waals surface area contributed by atoms with E-state index in [1.165, 1.54) is 13.2 Å². The number of benzene rings is 2. The highest BCUT2D eigenvalue weighted by Crippen LogP contribution is 2.22. The summed E-state index contributed by atoms with van der Waals surface area (Å²) in [6.45, 7) is 2.33. The Labute approximate surface area is 146 Å². The van der Waals surface area contributed by atoms with Gasteiger partial charge in [-0.15, -0.1) is 0 Å². The lowest BCUT2D eigenvalue weighted by molar-refractivity contribution is 0.0864. The van der Waals surface area contributed by atoms with E-state index in [0.29, 0.717) is 12.1 Å². The van der Waals surface area contributed by atoms with Crippen LogP contribution in [0, 0.1) is 5.82 Å². The average Bonchev–Trinajstić information content (AvgIpc) is 3.04. The SMILES string of the molecule is COc1ccc(CN(C)[C@@H](C)C(=O)c2c[nH]c3ccccc23)cc1F. The first-order chi connectivity index (χ1) is 12.0. The number of fused-ring (bicyclic) bond motifs is 1. The second kappa shape index (κ2) is 7.07. The summed E-state index contributed by atoms with van der Waals surface area (Å²) in [5.74, 6) is -0.146. The van der Waals surface area contributed by atoms with E-state index in [-0.39, 0.29) is 17.6 Å². The third kappa shape index (κ3) is 3.42. The van der Waals surface area contributed by atoms with Gasteiger partial charge in [-0.25, -0.2) is 4.39 Å². The number of carbonyl (C=O) groups is 1. The second-order valence-electron chi connectivity index (χ2n) is 6.17. The van der Waals surface area contributed by atoms with Gasteiger partial charge in [-0.05, 0) is 37.7 Å². The summed E-state index contributed by atoms with van der Waals surface area (Å²) in [6.07, 6.45) is 1.75. The second-order valence-corrected chi connectivity index (χ2v) is 6.17. The number of ether oxygens (including phenoxy) is 1. The number of aromatic nitrogens is 1. The van der Waals surface area contributed by atoms with E-state index in [1.807, 2.05) is 43.1 Å². The van der Waals surface area contributed by atoms with Crippen molar-refractivity contribution in [3.63, 3.8) is 0 Å². The molecule has 0 fully saturated rings. The Morgan fingerprint density at radius 1 is 1.28 bits per heavy atom. The minimum absolute atomic E-state index is 0.0360. The molecule has 0 aliphatic carbocycles. The van der Waals surface area contributed by atoms with E-state index >= 15 is 0 Å². The number of nitrogens with zero attached hydrogens (tertiary/aromatic N) is 1. The molecular formula is C20H21FN2O2. The van der Waals surface area contributed by atoms with Gasteiger partial charge in [-0.3, -0.25) is 9.69 Å². The van der Waals surface area contributed by atoms with Gasteiger partial charge >= 0.3 is 0 Å². The zero-order valence-corrected chi connectivity index (χ0v) is 14.5. The van der Waals surface area contributed by atoms with Crippen LogP contribution in [0.1, 0.15) is 22.8 Å². The highest BCUT2D eigenvalue weighted by molar-refractivity contribution is 6.10. The number of methoxy groups -OCH3 is 1. The molecule has 1 atom stereocenters. The molecule has 1 aromatic heterocycles. The van der Waals surface area contributed by atoms with Crippen LogP contribution in [0.3, 0.4) is 0 Å². The number of H-pyrrole nitrogens is 1. The number of likely N-dealkylation sites (N-methyl/N-ethyl adjacent to an activating group) is 1. The van der Waals surface area contributed by atoms with Gasteiger partial charge in [0.2, 0.25) is 0 Å². The zero-order chi connectivity index (χ0) is 18.0. The van der Waals surface area contributed by atoms with E-state index in [9.17, 15) is 9.18 Å². The molecule has 3 rings (SSSR count). The minimum atomic E-state index is -0.399. The predicted molar refractivity (Wildman–Crippen MR) is 96.5 cm³/mol. The first-order valence-corrected chi connectivity index (χ1v) is 8.14.